The van der Waals surface area contributed by atoms with E-state index in [9.17, 15) is 14.7 Å². The first-order valence-electron chi connectivity index (χ1n) is 12.3. The highest BCUT2D eigenvalue weighted by atomic mass is 16.5. The number of pyridine rings is 1. The molecule has 1 saturated heterocycles. The van der Waals surface area contributed by atoms with Crippen LogP contribution >= 0.6 is 0 Å². The predicted octanol–water partition coefficient (Wildman–Crippen LogP) is 4.35. The van der Waals surface area contributed by atoms with Gasteiger partial charge in [-0.15, -0.1) is 0 Å². The molecule has 3 aliphatic heterocycles. The van der Waals surface area contributed by atoms with E-state index < -0.39 is 0 Å². The van der Waals surface area contributed by atoms with E-state index in [0.29, 0.717) is 29.3 Å². The number of hydrogen-bond donors (Lipinski definition) is 1. The number of aromatic hydroxyl groups is 1. The molecule has 1 aromatic heterocycles. The molecule has 0 unspecified atom stereocenters. The Balaban J connectivity index is 1.27. The van der Waals surface area contributed by atoms with Crippen molar-refractivity contribution in [3.8, 4) is 11.5 Å². The Hall–Kier alpha value is -3.64. The van der Waals surface area contributed by atoms with Gasteiger partial charge in [-0.1, -0.05) is 37.3 Å². The van der Waals surface area contributed by atoms with Crippen LogP contribution in [0.3, 0.4) is 0 Å². The lowest BCUT2D eigenvalue weighted by molar-refractivity contribution is 0.101. The summed E-state index contributed by atoms with van der Waals surface area (Å²) in [6.45, 7) is 4.95. The van der Waals surface area contributed by atoms with Crippen LogP contribution in [0.5, 0.6) is 11.5 Å². The number of phenols is 1. The molecule has 6 nitrogen and oxygen atoms in total. The highest BCUT2D eigenvalue weighted by Crippen LogP contribution is 2.42. The van der Waals surface area contributed by atoms with E-state index in [4.69, 9.17) is 4.74 Å². The minimum Gasteiger partial charge on any atom is -0.507 e. The molecule has 2 aromatic carbocycles. The first kappa shape index (κ1) is 21.9. The predicted molar refractivity (Wildman–Crippen MR) is 134 cm³/mol. The lowest BCUT2D eigenvalue weighted by atomic mass is 9.83. The topological polar surface area (TPSA) is 71.8 Å². The van der Waals surface area contributed by atoms with E-state index in [2.05, 4.69) is 30.0 Å². The molecule has 2 bridgehead atoms. The Labute approximate surface area is 204 Å². The standard InChI is InChI=1S/C29H28N2O4/c1-2-18-6-8-19(9-7-18)13-26-28(34)22-10-11-25(32)23(29(22)35-26)17-30-14-20-12-21(16-30)24-4-3-5-27(33)31(24)15-20/h3-11,13,20-21,32H,2,12,14-17H2,1H3/b26-13+/t20-,21+/m0/s1. The molecule has 3 aromatic rings. The van der Waals surface area contributed by atoms with Crippen molar-refractivity contribution in [2.75, 3.05) is 13.1 Å². The number of Topliss-reactive ketones (excluding diaryl/α,β-unsaturated/α-hetero) is 1. The molecular weight excluding hydrogens is 440 g/mol. The Morgan fingerprint density at radius 3 is 2.66 bits per heavy atom. The van der Waals surface area contributed by atoms with E-state index in [1.165, 1.54) is 5.56 Å². The number of rotatable bonds is 4. The third kappa shape index (κ3) is 3.88. The van der Waals surface area contributed by atoms with Crippen LogP contribution < -0.4 is 10.3 Å². The molecule has 0 aliphatic carbocycles. The summed E-state index contributed by atoms with van der Waals surface area (Å²) in [4.78, 5) is 27.7. The Morgan fingerprint density at radius 2 is 1.86 bits per heavy atom. The van der Waals surface area contributed by atoms with Crippen molar-refractivity contribution in [2.24, 2.45) is 5.92 Å². The fraction of sp³-hybridized carbons (Fsp3) is 0.310. The van der Waals surface area contributed by atoms with Crippen LogP contribution in [0.25, 0.3) is 6.08 Å². The van der Waals surface area contributed by atoms with Crippen LogP contribution in [-0.2, 0) is 19.5 Å². The second-order valence-corrected chi connectivity index (χ2v) is 9.87. The minimum atomic E-state index is -0.162. The molecule has 6 heteroatoms. The van der Waals surface area contributed by atoms with Gasteiger partial charge in [0.2, 0.25) is 5.78 Å². The van der Waals surface area contributed by atoms with Gasteiger partial charge in [0.25, 0.3) is 5.56 Å². The van der Waals surface area contributed by atoms with Gasteiger partial charge in [0, 0.05) is 43.9 Å². The number of aromatic nitrogens is 1. The van der Waals surface area contributed by atoms with Crippen LogP contribution in [-0.4, -0.2) is 33.4 Å². The van der Waals surface area contributed by atoms with Crippen LogP contribution in [0.15, 0.2) is 65.2 Å². The zero-order valence-corrected chi connectivity index (χ0v) is 19.7. The third-order valence-corrected chi connectivity index (χ3v) is 7.54. The number of ether oxygens (including phenoxy) is 1. The lowest BCUT2D eigenvalue weighted by Gasteiger charge is -2.42. The van der Waals surface area contributed by atoms with Crippen molar-refractivity contribution < 1.29 is 14.6 Å². The Morgan fingerprint density at radius 1 is 1.03 bits per heavy atom. The van der Waals surface area contributed by atoms with Gasteiger partial charge in [-0.05, 0) is 54.2 Å². The highest BCUT2D eigenvalue weighted by Gasteiger charge is 2.36. The highest BCUT2D eigenvalue weighted by molar-refractivity contribution is 6.15. The zero-order valence-electron chi connectivity index (χ0n) is 19.7. The number of piperidine rings is 1. The molecular formula is C29H28N2O4. The number of carbonyl (C=O) groups is 1. The van der Waals surface area contributed by atoms with Gasteiger partial charge >= 0.3 is 0 Å². The maximum Gasteiger partial charge on any atom is 0.250 e. The molecule has 1 fully saturated rings. The average Bonchev–Trinajstić information content (AvgIpc) is 3.17. The number of carbonyl (C=O) groups excluding carboxylic acids is 1. The fourth-order valence-corrected chi connectivity index (χ4v) is 5.80. The van der Waals surface area contributed by atoms with Gasteiger partial charge in [0.1, 0.15) is 11.5 Å². The molecule has 35 heavy (non-hydrogen) atoms. The largest absolute Gasteiger partial charge is 0.507 e. The average molecular weight is 469 g/mol. The maximum absolute atomic E-state index is 13.1. The second kappa shape index (κ2) is 8.54. The monoisotopic (exact) mass is 468 g/mol. The van der Waals surface area contributed by atoms with Gasteiger partial charge in [-0.2, -0.15) is 0 Å². The van der Waals surface area contributed by atoms with Crippen LogP contribution in [0, 0.1) is 5.92 Å². The van der Waals surface area contributed by atoms with Crippen molar-refractivity contribution in [3.63, 3.8) is 0 Å². The quantitative estimate of drug-likeness (QED) is 0.577. The van der Waals surface area contributed by atoms with Crippen molar-refractivity contribution in [3.05, 3.63) is 98.7 Å². The van der Waals surface area contributed by atoms with Crippen molar-refractivity contribution in [1.82, 2.24) is 9.47 Å². The molecule has 0 amide bonds. The number of nitrogens with zero attached hydrogens (tertiary/aromatic N) is 2. The fourth-order valence-electron chi connectivity index (χ4n) is 5.80. The van der Waals surface area contributed by atoms with E-state index in [1.54, 1.807) is 24.3 Å². The second-order valence-electron chi connectivity index (χ2n) is 9.87. The number of hydrogen-bond acceptors (Lipinski definition) is 5. The van der Waals surface area contributed by atoms with Crippen molar-refractivity contribution >= 4 is 11.9 Å². The summed E-state index contributed by atoms with van der Waals surface area (Å²) in [5, 5.41) is 10.7. The number of fused-ring (bicyclic) bond motifs is 5. The third-order valence-electron chi connectivity index (χ3n) is 7.54. The number of ketones is 1. The molecule has 0 radical (unpaired) electrons. The molecule has 0 saturated carbocycles. The zero-order chi connectivity index (χ0) is 24.1. The van der Waals surface area contributed by atoms with Crippen LogP contribution in [0.4, 0.5) is 0 Å². The molecule has 178 valence electrons. The summed E-state index contributed by atoms with van der Waals surface area (Å²) in [7, 11) is 0. The molecule has 2 atom stereocenters. The summed E-state index contributed by atoms with van der Waals surface area (Å²) in [5.41, 5.74) is 4.43. The van der Waals surface area contributed by atoms with Gasteiger partial charge in [0.15, 0.2) is 5.76 Å². The molecule has 0 spiro atoms. The number of phenolic OH excluding ortho intramolecular Hbond substituents is 1. The summed E-state index contributed by atoms with van der Waals surface area (Å²) in [5.74, 6) is 1.37. The van der Waals surface area contributed by atoms with Crippen molar-refractivity contribution in [2.45, 2.75) is 38.8 Å². The lowest BCUT2D eigenvalue weighted by Crippen LogP contribution is -2.46. The number of benzene rings is 2. The molecule has 6 rings (SSSR count). The van der Waals surface area contributed by atoms with Gasteiger partial charge in [0.05, 0.1) is 11.1 Å². The normalized spacial score (nSPS) is 22.1. The Kier molecular flexibility index (Phi) is 5.33. The SMILES string of the molecule is CCc1ccc(/C=C2/Oc3c(ccc(O)c3CN3C[C@@H]4C[C@H](C3)c3cccc(=O)n3C4)C2=O)cc1. The number of likely N-dealkylation sites (tertiary alicyclic amines) is 1. The summed E-state index contributed by atoms with van der Waals surface area (Å²) in [6.07, 6.45) is 3.79. The maximum atomic E-state index is 13.1. The van der Waals surface area contributed by atoms with Gasteiger partial charge < -0.3 is 14.4 Å². The first-order chi connectivity index (χ1) is 17.0. The summed E-state index contributed by atoms with van der Waals surface area (Å²) in [6, 6.07) is 16.8. The molecule has 1 N–H and O–H groups in total. The minimum absolute atomic E-state index is 0.0692. The molecule has 4 heterocycles. The van der Waals surface area contributed by atoms with Gasteiger partial charge in [-0.3, -0.25) is 14.5 Å². The van der Waals surface area contributed by atoms with E-state index in [0.717, 1.165) is 43.7 Å². The number of aryl methyl sites for hydroxylation is 1. The summed E-state index contributed by atoms with van der Waals surface area (Å²) < 4.78 is 8.00. The van der Waals surface area contributed by atoms with E-state index in [1.807, 2.05) is 22.8 Å². The Bertz CT molecular complexity index is 1400. The summed E-state index contributed by atoms with van der Waals surface area (Å²) >= 11 is 0. The molecule has 3 aliphatic rings. The van der Waals surface area contributed by atoms with Crippen LogP contribution in [0.1, 0.15) is 52.0 Å². The van der Waals surface area contributed by atoms with Crippen molar-refractivity contribution in [1.29, 1.82) is 0 Å². The smallest absolute Gasteiger partial charge is 0.250 e. The van der Waals surface area contributed by atoms with E-state index in [-0.39, 0.29) is 28.8 Å². The van der Waals surface area contributed by atoms with Gasteiger partial charge in [-0.25, -0.2) is 0 Å². The van der Waals surface area contributed by atoms with E-state index >= 15 is 0 Å². The number of allylic oxidation sites excluding steroid dienone is 1. The first-order valence-corrected chi connectivity index (χ1v) is 12.3. The van der Waals surface area contributed by atoms with Crippen LogP contribution in [0.2, 0.25) is 0 Å².